The quantitative estimate of drug-likeness (QED) is 0.866. The average Bonchev–Trinajstić information content (AvgIpc) is 3.11. The van der Waals surface area contributed by atoms with Crippen LogP contribution in [-0.4, -0.2) is 15.9 Å². The second-order valence-corrected chi connectivity index (χ2v) is 5.01. The lowest BCUT2D eigenvalue weighted by atomic mass is 10.2. The SMILES string of the molecule is O=C(Nc1nc(C2CC2)cs1)c1cccnc1F. The maximum atomic E-state index is 13.3. The summed E-state index contributed by atoms with van der Waals surface area (Å²) in [6.45, 7) is 0. The molecule has 92 valence electrons. The van der Waals surface area contributed by atoms with E-state index in [4.69, 9.17) is 0 Å². The van der Waals surface area contributed by atoms with Gasteiger partial charge in [0.1, 0.15) is 0 Å². The summed E-state index contributed by atoms with van der Waals surface area (Å²) in [5.74, 6) is -0.742. The molecule has 1 N–H and O–H groups in total. The van der Waals surface area contributed by atoms with Crippen LogP contribution in [0.15, 0.2) is 23.7 Å². The molecule has 1 saturated carbocycles. The van der Waals surface area contributed by atoms with Crippen LogP contribution in [0.2, 0.25) is 0 Å². The van der Waals surface area contributed by atoms with Crippen molar-refractivity contribution in [3.8, 4) is 0 Å². The number of carbonyl (C=O) groups excluding carboxylic acids is 1. The monoisotopic (exact) mass is 263 g/mol. The molecule has 0 atom stereocenters. The van der Waals surface area contributed by atoms with Crippen molar-refractivity contribution in [2.24, 2.45) is 0 Å². The largest absolute Gasteiger partial charge is 0.298 e. The number of anilines is 1. The average molecular weight is 263 g/mol. The van der Waals surface area contributed by atoms with Crippen LogP contribution < -0.4 is 5.32 Å². The van der Waals surface area contributed by atoms with E-state index in [9.17, 15) is 9.18 Å². The lowest BCUT2D eigenvalue weighted by Gasteiger charge is -2.01. The minimum Gasteiger partial charge on any atom is -0.298 e. The third-order valence-electron chi connectivity index (χ3n) is 2.74. The van der Waals surface area contributed by atoms with Gasteiger partial charge in [-0.25, -0.2) is 9.97 Å². The normalized spacial score (nSPS) is 14.5. The lowest BCUT2D eigenvalue weighted by molar-refractivity contribution is 0.102. The van der Waals surface area contributed by atoms with Crippen molar-refractivity contribution in [2.75, 3.05) is 5.32 Å². The summed E-state index contributed by atoms with van der Waals surface area (Å²) in [5, 5.41) is 5.03. The van der Waals surface area contributed by atoms with Gasteiger partial charge in [-0.05, 0) is 25.0 Å². The molecule has 0 unspecified atom stereocenters. The van der Waals surface area contributed by atoms with Gasteiger partial charge in [-0.2, -0.15) is 4.39 Å². The van der Waals surface area contributed by atoms with Gasteiger partial charge in [0.25, 0.3) is 5.91 Å². The summed E-state index contributed by atoms with van der Waals surface area (Å²) in [4.78, 5) is 19.6. The predicted molar refractivity (Wildman–Crippen MR) is 66.2 cm³/mol. The third-order valence-corrected chi connectivity index (χ3v) is 3.52. The van der Waals surface area contributed by atoms with Gasteiger partial charge in [0.2, 0.25) is 5.95 Å². The molecule has 2 heterocycles. The fraction of sp³-hybridized carbons (Fsp3) is 0.250. The smallest absolute Gasteiger partial charge is 0.262 e. The Labute approximate surface area is 107 Å². The van der Waals surface area contributed by atoms with Crippen molar-refractivity contribution in [3.05, 3.63) is 40.9 Å². The number of hydrogen-bond donors (Lipinski definition) is 1. The van der Waals surface area contributed by atoms with E-state index in [-0.39, 0.29) is 5.56 Å². The minimum atomic E-state index is -0.769. The van der Waals surface area contributed by atoms with Gasteiger partial charge in [0.05, 0.1) is 11.3 Å². The van der Waals surface area contributed by atoms with E-state index < -0.39 is 11.9 Å². The van der Waals surface area contributed by atoms with Crippen LogP contribution in [0.4, 0.5) is 9.52 Å². The van der Waals surface area contributed by atoms with Gasteiger partial charge in [-0.3, -0.25) is 10.1 Å². The summed E-state index contributed by atoms with van der Waals surface area (Å²) in [6.07, 6.45) is 3.63. The van der Waals surface area contributed by atoms with Crippen molar-refractivity contribution in [1.82, 2.24) is 9.97 Å². The van der Waals surface area contributed by atoms with E-state index in [2.05, 4.69) is 15.3 Å². The number of hydrogen-bond acceptors (Lipinski definition) is 4. The summed E-state index contributed by atoms with van der Waals surface area (Å²) in [7, 11) is 0. The first-order valence-corrected chi connectivity index (χ1v) is 6.49. The molecule has 0 spiro atoms. The van der Waals surface area contributed by atoms with Gasteiger partial charge >= 0.3 is 0 Å². The number of nitrogens with one attached hydrogen (secondary N) is 1. The van der Waals surface area contributed by atoms with Crippen LogP contribution in [0.5, 0.6) is 0 Å². The molecule has 3 rings (SSSR count). The van der Waals surface area contributed by atoms with E-state index in [1.54, 1.807) is 0 Å². The van der Waals surface area contributed by atoms with Crippen LogP contribution in [0, 0.1) is 5.95 Å². The Bertz CT molecular complexity index is 595. The molecule has 0 radical (unpaired) electrons. The Kier molecular flexibility index (Phi) is 2.79. The Morgan fingerprint density at radius 1 is 1.50 bits per heavy atom. The highest BCUT2D eigenvalue weighted by atomic mass is 32.1. The third kappa shape index (κ3) is 2.24. The fourth-order valence-electron chi connectivity index (χ4n) is 1.63. The van der Waals surface area contributed by atoms with Crippen LogP contribution in [-0.2, 0) is 0 Å². The van der Waals surface area contributed by atoms with E-state index in [0.29, 0.717) is 11.0 Å². The summed E-state index contributed by atoms with van der Waals surface area (Å²) >= 11 is 1.36. The zero-order chi connectivity index (χ0) is 12.5. The number of carbonyl (C=O) groups is 1. The molecule has 4 nitrogen and oxygen atoms in total. The van der Waals surface area contributed by atoms with E-state index in [1.807, 2.05) is 5.38 Å². The Morgan fingerprint density at radius 2 is 2.33 bits per heavy atom. The first kappa shape index (κ1) is 11.3. The Hall–Kier alpha value is -1.82. The standard InChI is InChI=1S/C12H10FN3OS/c13-10-8(2-1-5-14-10)11(17)16-12-15-9(6-18-12)7-3-4-7/h1-2,5-7H,3-4H2,(H,15,16,17). The zero-order valence-corrected chi connectivity index (χ0v) is 10.2. The maximum Gasteiger partial charge on any atom is 0.262 e. The fourth-order valence-corrected chi connectivity index (χ4v) is 2.42. The number of amides is 1. The van der Waals surface area contributed by atoms with Crippen molar-refractivity contribution in [2.45, 2.75) is 18.8 Å². The molecule has 0 saturated heterocycles. The highest BCUT2D eigenvalue weighted by molar-refractivity contribution is 7.14. The number of pyridine rings is 1. The molecule has 2 aromatic heterocycles. The van der Waals surface area contributed by atoms with Crippen molar-refractivity contribution in [1.29, 1.82) is 0 Å². The maximum absolute atomic E-state index is 13.3. The number of halogens is 1. The molecule has 0 aliphatic heterocycles. The first-order valence-electron chi connectivity index (χ1n) is 5.61. The van der Waals surface area contributed by atoms with Crippen molar-refractivity contribution >= 4 is 22.4 Å². The van der Waals surface area contributed by atoms with Crippen LogP contribution in [0.25, 0.3) is 0 Å². The molecular formula is C12H10FN3OS. The molecule has 0 bridgehead atoms. The molecule has 1 aliphatic rings. The van der Waals surface area contributed by atoms with Crippen molar-refractivity contribution in [3.63, 3.8) is 0 Å². The van der Waals surface area contributed by atoms with Gasteiger partial charge < -0.3 is 0 Å². The Morgan fingerprint density at radius 3 is 3.06 bits per heavy atom. The molecule has 0 aromatic carbocycles. The number of rotatable bonds is 3. The summed E-state index contributed by atoms with van der Waals surface area (Å²) in [6, 6.07) is 2.92. The Balaban J connectivity index is 1.75. The van der Waals surface area contributed by atoms with Gasteiger partial charge in [-0.1, -0.05) is 0 Å². The zero-order valence-electron chi connectivity index (χ0n) is 9.39. The molecular weight excluding hydrogens is 253 g/mol. The summed E-state index contributed by atoms with van der Waals surface area (Å²) in [5.41, 5.74) is 0.947. The van der Waals surface area contributed by atoms with Crippen LogP contribution >= 0.6 is 11.3 Å². The number of aromatic nitrogens is 2. The van der Waals surface area contributed by atoms with E-state index in [1.165, 1.54) is 29.7 Å². The minimum absolute atomic E-state index is 0.0688. The predicted octanol–water partition coefficient (Wildman–Crippen LogP) is 2.81. The van der Waals surface area contributed by atoms with Crippen LogP contribution in [0.1, 0.15) is 34.8 Å². The number of thiazole rings is 1. The van der Waals surface area contributed by atoms with Gasteiger partial charge in [-0.15, -0.1) is 11.3 Å². The molecule has 1 aliphatic carbocycles. The van der Waals surface area contributed by atoms with Gasteiger partial charge in [0.15, 0.2) is 5.13 Å². The molecule has 1 amide bonds. The van der Waals surface area contributed by atoms with Crippen molar-refractivity contribution < 1.29 is 9.18 Å². The molecule has 1 fully saturated rings. The van der Waals surface area contributed by atoms with E-state index in [0.717, 1.165) is 18.5 Å². The molecule has 2 aromatic rings. The second kappa shape index (κ2) is 4.45. The molecule has 6 heteroatoms. The topological polar surface area (TPSA) is 54.9 Å². The highest BCUT2D eigenvalue weighted by Gasteiger charge is 2.26. The van der Waals surface area contributed by atoms with Gasteiger partial charge in [0, 0.05) is 17.5 Å². The highest BCUT2D eigenvalue weighted by Crippen LogP contribution is 2.40. The molecule has 18 heavy (non-hydrogen) atoms. The summed E-state index contributed by atoms with van der Waals surface area (Å²) < 4.78 is 13.3. The second-order valence-electron chi connectivity index (χ2n) is 4.15. The van der Waals surface area contributed by atoms with Crippen LogP contribution in [0.3, 0.4) is 0 Å². The first-order chi connectivity index (χ1) is 8.74. The van der Waals surface area contributed by atoms with E-state index >= 15 is 0 Å². The lowest BCUT2D eigenvalue weighted by Crippen LogP contribution is -2.14. The number of nitrogens with zero attached hydrogens (tertiary/aromatic N) is 2.